The maximum atomic E-state index is 13.2. The third-order valence-corrected chi connectivity index (χ3v) is 9.71. The fraction of sp³-hybridized carbons (Fsp3) is 0.394. The zero-order chi connectivity index (χ0) is 34.2. The molecule has 0 saturated heterocycles. The lowest BCUT2D eigenvalue weighted by atomic mass is 10.1. The van der Waals surface area contributed by atoms with E-state index in [-0.39, 0.29) is 31.0 Å². The first-order valence-electron chi connectivity index (χ1n) is 15.5. The first kappa shape index (κ1) is 33.1. The lowest BCUT2D eigenvalue weighted by molar-refractivity contribution is -0.140. The molecule has 0 unspecified atom stereocenters. The number of hydrogen-bond acceptors (Lipinski definition) is 9. The van der Waals surface area contributed by atoms with E-state index in [1.165, 1.54) is 25.1 Å². The predicted octanol–water partition coefficient (Wildman–Crippen LogP) is 6.96. The highest BCUT2D eigenvalue weighted by molar-refractivity contribution is 6.76. The van der Waals surface area contributed by atoms with Crippen LogP contribution in [-0.2, 0) is 31.3 Å². The van der Waals surface area contributed by atoms with Crippen LogP contribution in [0.4, 0.5) is 13.2 Å². The van der Waals surface area contributed by atoms with E-state index in [9.17, 15) is 18.4 Å². The van der Waals surface area contributed by atoms with E-state index >= 15 is 0 Å². The summed E-state index contributed by atoms with van der Waals surface area (Å²) in [6, 6.07) is 10.1. The maximum Gasteiger partial charge on any atom is 0.434 e. The normalized spacial score (nSPS) is 13.6. The Labute approximate surface area is 276 Å². The molecule has 4 heterocycles. The summed E-state index contributed by atoms with van der Waals surface area (Å²) in [6.45, 7) is 7.65. The third kappa shape index (κ3) is 7.04. The van der Waals surface area contributed by atoms with Gasteiger partial charge in [-0.05, 0) is 24.4 Å². The average Bonchev–Trinajstić information content (AvgIpc) is 3.73. The molecule has 0 amide bonds. The minimum Gasteiger partial charge on any atom is -0.480 e. The quantitative estimate of drug-likeness (QED) is 0.102. The highest BCUT2D eigenvalue weighted by atomic mass is 28.3. The summed E-state index contributed by atoms with van der Waals surface area (Å²) in [6.07, 6.45) is 1.52. The molecular formula is C33H35F3N8O3Si. The van der Waals surface area contributed by atoms with Crippen LogP contribution in [-0.4, -0.2) is 55.8 Å². The fourth-order valence-electron chi connectivity index (χ4n) is 5.28. The van der Waals surface area contributed by atoms with Gasteiger partial charge in [-0.2, -0.15) is 23.4 Å². The fourth-order valence-corrected chi connectivity index (χ4v) is 6.04. The molecule has 48 heavy (non-hydrogen) atoms. The van der Waals surface area contributed by atoms with Crippen molar-refractivity contribution in [2.24, 2.45) is 7.05 Å². The lowest BCUT2D eigenvalue weighted by Gasteiger charge is -2.16. The van der Waals surface area contributed by atoms with Gasteiger partial charge in [0.15, 0.2) is 17.2 Å². The molecule has 15 heteroatoms. The third-order valence-electron chi connectivity index (χ3n) is 8.01. The molecule has 4 aromatic heterocycles. The Hall–Kier alpha value is -4.81. The Bertz CT molecular complexity index is 1990. The number of nitrogens with zero attached hydrogens (tertiary/aromatic N) is 8. The van der Waals surface area contributed by atoms with Crippen molar-refractivity contribution in [3.8, 4) is 40.6 Å². The predicted molar refractivity (Wildman–Crippen MR) is 174 cm³/mol. The second kappa shape index (κ2) is 13.0. The Kier molecular flexibility index (Phi) is 8.97. The van der Waals surface area contributed by atoms with Crippen LogP contribution in [0.25, 0.3) is 33.8 Å². The second-order valence-electron chi connectivity index (χ2n) is 13.0. The zero-order valence-electron chi connectivity index (χ0n) is 27.3. The second-order valence-corrected chi connectivity index (χ2v) is 18.6. The summed E-state index contributed by atoms with van der Waals surface area (Å²) in [7, 11) is 1.73. The summed E-state index contributed by atoms with van der Waals surface area (Å²) < 4.78 is 60.7. The molecule has 6 rings (SSSR count). The SMILES string of the molecule is COc1ncnc(C2CC2)c1-c1nc(OCc2ccc(-c3nc(C(F)(F)F)cn3C)cc2)c2c(C#N)cn(COCC[Si](C)(C)C)c2n1. The lowest BCUT2D eigenvalue weighted by Crippen LogP contribution is -2.22. The van der Waals surface area contributed by atoms with Crippen LogP contribution in [0.2, 0.25) is 25.7 Å². The van der Waals surface area contributed by atoms with E-state index in [1.807, 2.05) is 0 Å². The molecule has 0 spiro atoms. The molecule has 0 radical (unpaired) electrons. The molecule has 1 aromatic carbocycles. The van der Waals surface area contributed by atoms with Gasteiger partial charge in [0, 0.05) is 45.6 Å². The van der Waals surface area contributed by atoms with E-state index in [2.05, 4.69) is 40.7 Å². The first-order chi connectivity index (χ1) is 22.9. The topological polar surface area (TPSA) is 126 Å². The number of halogens is 3. The van der Waals surface area contributed by atoms with Gasteiger partial charge in [0.05, 0.1) is 23.8 Å². The van der Waals surface area contributed by atoms with Crippen molar-refractivity contribution in [2.75, 3.05) is 13.7 Å². The van der Waals surface area contributed by atoms with E-state index in [4.69, 9.17) is 24.2 Å². The van der Waals surface area contributed by atoms with Crippen molar-refractivity contribution in [3.63, 3.8) is 0 Å². The van der Waals surface area contributed by atoms with Crippen molar-refractivity contribution in [1.29, 1.82) is 5.26 Å². The largest absolute Gasteiger partial charge is 0.480 e. The highest BCUT2D eigenvalue weighted by Gasteiger charge is 2.35. The van der Waals surface area contributed by atoms with Crippen LogP contribution in [0, 0.1) is 11.3 Å². The van der Waals surface area contributed by atoms with Crippen molar-refractivity contribution in [1.82, 2.24) is 34.1 Å². The van der Waals surface area contributed by atoms with E-state index < -0.39 is 19.9 Å². The first-order valence-corrected chi connectivity index (χ1v) is 19.2. The number of ether oxygens (including phenoxy) is 3. The number of aromatic nitrogens is 7. The number of hydrogen-bond donors (Lipinski definition) is 0. The number of rotatable bonds is 12. The van der Waals surface area contributed by atoms with Gasteiger partial charge in [-0.1, -0.05) is 43.9 Å². The smallest absolute Gasteiger partial charge is 0.434 e. The van der Waals surface area contributed by atoms with Crippen LogP contribution >= 0.6 is 0 Å². The van der Waals surface area contributed by atoms with Crippen molar-refractivity contribution in [3.05, 3.63) is 65.5 Å². The number of aryl methyl sites for hydroxylation is 1. The summed E-state index contributed by atoms with van der Waals surface area (Å²) >= 11 is 0. The molecule has 1 aliphatic rings. The summed E-state index contributed by atoms with van der Waals surface area (Å²) in [5.74, 6) is 1.24. The van der Waals surface area contributed by atoms with Crippen molar-refractivity contribution in [2.45, 2.75) is 64.0 Å². The van der Waals surface area contributed by atoms with Crippen LogP contribution < -0.4 is 9.47 Å². The van der Waals surface area contributed by atoms with Crippen LogP contribution in [0.1, 0.15) is 41.3 Å². The molecule has 0 atom stereocenters. The zero-order valence-corrected chi connectivity index (χ0v) is 28.3. The minimum absolute atomic E-state index is 0.0564. The Morgan fingerprint density at radius 1 is 1.02 bits per heavy atom. The molecule has 250 valence electrons. The monoisotopic (exact) mass is 676 g/mol. The van der Waals surface area contributed by atoms with Gasteiger partial charge in [0.25, 0.3) is 0 Å². The molecular weight excluding hydrogens is 641 g/mol. The molecule has 0 N–H and O–H groups in total. The average molecular weight is 677 g/mol. The van der Waals surface area contributed by atoms with Crippen LogP contribution in [0.15, 0.2) is 43.0 Å². The Morgan fingerprint density at radius 2 is 1.77 bits per heavy atom. The molecule has 1 saturated carbocycles. The van der Waals surface area contributed by atoms with Crippen molar-refractivity contribution < 1.29 is 27.4 Å². The summed E-state index contributed by atoms with van der Waals surface area (Å²) in [5, 5.41) is 10.5. The minimum atomic E-state index is -4.54. The number of alkyl halides is 3. The van der Waals surface area contributed by atoms with E-state index in [0.717, 1.165) is 36.3 Å². The summed E-state index contributed by atoms with van der Waals surface area (Å²) in [4.78, 5) is 22.4. The molecule has 1 aliphatic carbocycles. The summed E-state index contributed by atoms with van der Waals surface area (Å²) in [5.41, 5.74) is 2.42. The van der Waals surface area contributed by atoms with Gasteiger partial charge in [-0.25, -0.2) is 19.9 Å². The van der Waals surface area contributed by atoms with Gasteiger partial charge < -0.3 is 23.3 Å². The highest BCUT2D eigenvalue weighted by Crippen LogP contribution is 2.45. The van der Waals surface area contributed by atoms with Gasteiger partial charge >= 0.3 is 6.18 Å². The van der Waals surface area contributed by atoms with Crippen molar-refractivity contribution >= 4 is 19.1 Å². The molecule has 5 aromatic rings. The van der Waals surface area contributed by atoms with Gasteiger partial charge in [-0.15, -0.1) is 0 Å². The number of benzene rings is 1. The van der Waals surface area contributed by atoms with Crippen LogP contribution in [0.3, 0.4) is 0 Å². The Morgan fingerprint density at radius 3 is 2.40 bits per heavy atom. The Balaban J connectivity index is 1.36. The van der Waals surface area contributed by atoms with Gasteiger partial charge in [0.2, 0.25) is 11.8 Å². The number of fused-ring (bicyclic) bond motifs is 1. The molecule has 0 bridgehead atoms. The van der Waals surface area contributed by atoms with E-state index in [1.54, 1.807) is 35.0 Å². The standard InChI is InChI=1S/C33H35F3N8O3Si/c1-43-16-24(33(34,35)36)40-29(43)22-8-6-20(7-9-22)17-47-32-25-23(14-37)15-44(19-46-12-13-48(3,4)5)30(25)41-28(42-32)26-27(21-10-11-21)38-18-39-31(26)45-2/h6-9,15-16,18,21H,10-13,17,19H2,1-5H3. The number of imidazole rings is 1. The number of nitriles is 1. The van der Waals surface area contributed by atoms with Crippen LogP contribution in [0.5, 0.6) is 11.8 Å². The van der Waals surface area contributed by atoms with Gasteiger partial charge in [0.1, 0.15) is 37.1 Å². The number of methoxy groups -OCH3 is 1. The molecule has 0 aliphatic heterocycles. The maximum absolute atomic E-state index is 13.2. The van der Waals surface area contributed by atoms with E-state index in [0.29, 0.717) is 46.0 Å². The molecule has 11 nitrogen and oxygen atoms in total. The molecule has 1 fully saturated rings. The van der Waals surface area contributed by atoms with Gasteiger partial charge in [-0.3, -0.25) is 0 Å².